The van der Waals surface area contributed by atoms with Gasteiger partial charge >= 0.3 is 0 Å². The molecule has 0 bridgehead atoms. The van der Waals surface area contributed by atoms with Gasteiger partial charge in [-0.3, -0.25) is 21.3 Å². The lowest BCUT2D eigenvalue weighted by Crippen LogP contribution is -2.88. The molecule has 4 nitrogen and oxygen atoms in total. The molecule has 0 aromatic heterocycles. The van der Waals surface area contributed by atoms with Gasteiger partial charge in [0.15, 0.2) is 0 Å². The third-order valence-electron chi connectivity index (χ3n) is 4.80. The van der Waals surface area contributed by atoms with Crippen molar-refractivity contribution >= 4 is 0 Å². The van der Waals surface area contributed by atoms with Crippen LogP contribution in [0.5, 0.6) is 0 Å². The first-order chi connectivity index (χ1) is 7.63. The lowest BCUT2D eigenvalue weighted by atomic mass is 9.80. The average Bonchev–Trinajstić information content (AvgIpc) is 2.26. The van der Waals surface area contributed by atoms with Crippen LogP contribution < -0.4 is 21.3 Å². The minimum absolute atomic E-state index is 0.0241. The van der Waals surface area contributed by atoms with E-state index in [9.17, 15) is 0 Å². The van der Waals surface area contributed by atoms with E-state index >= 15 is 0 Å². The van der Waals surface area contributed by atoms with Crippen LogP contribution in [0, 0.1) is 0 Å². The van der Waals surface area contributed by atoms with Gasteiger partial charge < -0.3 is 0 Å². The normalized spacial score (nSPS) is 52.9. The summed E-state index contributed by atoms with van der Waals surface area (Å²) in [7, 11) is 0. The van der Waals surface area contributed by atoms with Gasteiger partial charge in [0.2, 0.25) is 0 Å². The lowest BCUT2D eigenvalue weighted by Gasteiger charge is -2.60. The maximum atomic E-state index is 3.84. The highest BCUT2D eigenvalue weighted by molar-refractivity contribution is 5.13. The van der Waals surface area contributed by atoms with Crippen LogP contribution in [-0.2, 0) is 0 Å². The smallest absolute Gasteiger partial charge is 0.0982 e. The van der Waals surface area contributed by atoms with Gasteiger partial charge in [-0.05, 0) is 26.7 Å². The number of hydrogen-bond donors (Lipinski definition) is 4. The van der Waals surface area contributed by atoms with Crippen LogP contribution in [0.15, 0.2) is 0 Å². The molecule has 2 aliphatic heterocycles. The number of rotatable bonds is 0. The summed E-state index contributed by atoms with van der Waals surface area (Å²) in [6.45, 7) is 6.63. The van der Waals surface area contributed by atoms with Crippen molar-refractivity contribution in [1.82, 2.24) is 21.3 Å². The van der Waals surface area contributed by atoms with Gasteiger partial charge in [-0.1, -0.05) is 12.8 Å². The van der Waals surface area contributed by atoms with Crippen molar-refractivity contribution in [2.45, 2.75) is 62.9 Å². The molecule has 4 heteroatoms. The summed E-state index contributed by atoms with van der Waals surface area (Å²) in [4.78, 5) is 0. The Morgan fingerprint density at radius 1 is 0.812 bits per heavy atom. The number of fused-ring (bicyclic) bond motifs is 2. The van der Waals surface area contributed by atoms with Gasteiger partial charge in [0.05, 0.1) is 11.3 Å². The first-order valence-corrected chi connectivity index (χ1v) is 6.68. The fourth-order valence-electron chi connectivity index (χ4n) is 3.59. The molecule has 0 aromatic rings. The van der Waals surface area contributed by atoms with Crippen LogP contribution in [0.2, 0.25) is 0 Å². The molecule has 0 spiro atoms. The second-order valence-electron chi connectivity index (χ2n) is 5.89. The largest absolute Gasteiger partial charge is 0.296 e. The van der Waals surface area contributed by atoms with E-state index < -0.39 is 0 Å². The van der Waals surface area contributed by atoms with Crippen molar-refractivity contribution in [3.63, 3.8) is 0 Å². The second-order valence-corrected chi connectivity index (χ2v) is 5.89. The van der Waals surface area contributed by atoms with E-state index in [1.54, 1.807) is 0 Å². The van der Waals surface area contributed by atoms with Crippen LogP contribution in [-0.4, -0.2) is 36.5 Å². The molecule has 1 aliphatic carbocycles. The van der Waals surface area contributed by atoms with Gasteiger partial charge in [0.1, 0.15) is 0 Å². The predicted octanol–water partition coefficient (Wildman–Crippen LogP) is 0.116. The highest BCUT2D eigenvalue weighted by atomic mass is 15.4. The van der Waals surface area contributed by atoms with Crippen molar-refractivity contribution < 1.29 is 0 Å². The second kappa shape index (κ2) is 3.67. The molecule has 4 atom stereocenters. The third-order valence-corrected chi connectivity index (χ3v) is 4.80. The molecule has 0 radical (unpaired) electrons. The summed E-state index contributed by atoms with van der Waals surface area (Å²) in [6.07, 6.45) is 5.36. The van der Waals surface area contributed by atoms with E-state index in [0.717, 1.165) is 13.1 Å². The van der Waals surface area contributed by atoms with Crippen LogP contribution in [0.25, 0.3) is 0 Å². The molecule has 3 aliphatic rings. The summed E-state index contributed by atoms with van der Waals surface area (Å²) in [6, 6.07) is 1.28. The van der Waals surface area contributed by atoms with Gasteiger partial charge in [-0.15, -0.1) is 0 Å². The number of hydrogen-bond acceptors (Lipinski definition) is 4. The quantitative estimate of drug-likeness (QED) is 0.472. The zero-order valence-electron chi connectivity index (χ0n) is 10.4. The van der Waals surface area contributed by atoms with Crippen molar-refractivity contribution in [1.29, 1.82) is 0 Å². The maximum absolute atomic E-state index is 3.84. The van der Waals surface area contributed by atoms with Crippen molar-refractivity contribution in [3.05, 3.63) is 0 Å². The monoisotopic (exact) mass is 224 g/mol. The third kappa shape index (κ3) is 1.51. The zero-order valence-corrected chi connectivity index (χ0v) is 10.4. The standard InChI is InChI=1S/C12H24N4/c1-11-12(2,14-8-7-13-11)16-10-6-4-3-5-9(10)15-11/h9-10,13-16H,3-8H2,1-2H3/t9-,10-,11-,12+/m1/s1. The van der Waals surface area contributed by atoms with Crippen LogP contribution in [0.4, 0.5) is 0 Å². The number of nitrogens with one attached hydrogen (secondary N) is 4. The molecule has 2 heterocycles. The Morgan fingerprint density at radius 3 is 1.69 bits per heavy atom. The molecule has 16 heavy (non-hydrogen) atoms. The van der Waals surface area contributed by atoms with Gasteiger partial charge in [0.25, 0.3) is 0 Å². The van der Waals surface area contributed by atoms with E-state index in [2.05, 4.69) is 35.1 Å². The van der Waals surface area contributed by atoms with Crippen LogP contribution in [0.1, 0.15) is 39.5 Å². The molecule has 0 unspecified atom stereocenters. The minimum Gasteiger partial charge on any atom is -0.296 e. The Morgan fingerprint density at radius 2 is 1.25 bits per heavy atom. The van der Waals surface area contributed by atoms with Crippen molar-refractivity contribution in [2.75, 3.05) is 13.1 Å². The average molecular weight is 224 g/mol. The Kier molecular flexibility index (Phi) is 2.51. The summed E-state index contributed by atoms with van der Waals surface area (Å²) in [5, 5.41) is 14.9. The molecular formula is C12H24N4. The highest BCUT2D eigenvalue weighted by Gasteiger charge is 2.53. The molecule has 4 N–H and O–H groups in total. The SMILES string of the molecule is C[C@@]12NCCN[C@]1(C)N[C@@H]1CCCC[C@H]1N2. The number of piperazine rings is 2. The molecule has 0 amide bonds. The molecule has 1 saturated carbocycles. The van der Waals surface area contributed by atoms with Gasteiger partial charge in [-0.25, -0.2) is 0 Å². The van der Waals surface area contributed by atoms with E-state index in [1.165, 1.54) is 25.7 Å². The van der Waals surface area contributed by atoms with Crippen LogP contribution >= 0.6 is 0 Å². The van der Waals surface area contributed by atoms with Gasteiger partial charge in [-0.2, -0.15) is 0 Å². The van der Waals surface area contributed by atoms with Gasteiger partial charge in [0, 0.05) is 25.2 Å². The molecule has 3 fully saturated rings. The summed E-state index contributed by atoms with van der Waals surface area (Å²) in [5.41, 5.74) is -0.0481. The summed E-state index contributed by atoms with van der Waals surface area (Å²) in [5.74, 6) is 0. The Labute approximate surface area is 97.9 Å². The fraction of sp³-hybridized carbons (Fsp3) is 1.00. The van der Waals surface area contributed by atoms with E-state index in [-0.39, 0.29) is 11.3 Å². The van der Waals surface area contributed by atoms with E-state index in [0.29, 0.717) is 12.1 Å². The minimum atomic E-state index is -0.0241. The Hall–Kier alpha value is -0.160. The molecular weight excluding hydrogens is 200 g/mol. The highest BCUT2D eigenvalue weighted by Crippen LogP contribution is 2.31. The van der Waals surface area contributed by atoms with Crippen molar-refractivity contribution in [3.8, 4) is 0 Å². The summed E-state index contributed by atoms with van der Waals surface area (Å²) < 4.78 is 0. The molecule has 0 aromatic carbocycles. The first-order valence-electron chi connectivity index (χ1n) is 6.68. The van der Waals surface area contributed by atoms with Crippen molar-refractivity contribution in [2.24, 2.45) is 0 Å². The Balaban J connectivity index is 1.84. The lowest BCUT2D eigenvalue weighted by molar-refractivity contribution is -0.0144. The summed E-state index contributed by atoms with van der Waals surface area (Å²) >= 11 is 0. The van der Waals surface area contributed by atoms with E-state index in [1.807, 2.05) is 0 Å². The van der Waals surface area contributed by atoms with E-state index in [4.69, 9.17) is 0 Å². The first kappa shape index (κ1) is 11.0. The van der Waals surface area contributed by atoms with Crippen LogP contribution in [0.3, 0.4) is 0 Å². The fourth-order valence-corrected chi connectivity index (χ4v) is 3.59. The Bertz CT molecular complexity index is 254. The predicted molar refractivity (Wildman–Crippen MR) is 65.1 cm³/mol. The molecule has 3 rings (SSSR count). The maximum Gasteiger partial charge on any atom is 0.0982 e. The molecule has 2 saturated heterocycles. The topological polar surface area (TPSA) is 48.1 Å². The zero-order chi connectivity index (χ0) is 11.2. The molecule has 92 valence electrons.